The molecule has 3 aromatic rings. The summed E-state index contributed by atoms with van der Waals surface area (Å²) in [4.78, 5) is 8.86. The van der Waals surface area contributed by atoms with Crippen LogP contribution in [-0.4, -0.2) is 31.0 Å². The lowest BCUT2D eigenvalue weighted by Crippen LogP contribution is -2.02. The van der Waals surface area contributed by atoms with E-state index in [0.717, 1.165) is 28.1 Å². The molecule has 0 bridgehead atoms. The molecule has 0 fully saturated rings. The third-order valence-electron chi connectivity index (χ3n) is 3.26. The Morgan fingerprint density at radius 2 is 1.71 bits per heavy atom. The van der Waals surface area contributed by atoms with Crippen LogP contribution in [0.4, 0.5) is 4.39 Å². The van der Waals surface area contributed by atoms with Crippen molar-refractivity contribution in [2.24, 2.45) is 0 Å². The van der Waals surface area contributed by atoms with Crippen LogP contribution in [0.5, 0.6) is 0 Å². The minimum absolute atomic E-state index is 0.267. The number of benzene rings is 1. The SMILES string of the molecule is CSc1nnc(CSc2nc(C)cc(C)n2)n1-c1ccc(F)cc1. The first kappa shape index (κ1) is 16.9. The molecule has 0 N–H and O–H groups in total. The summed E-state index contributed by atoms with van der Waals surface area (Å²) in [6, 6.07) is 8.25. The fourth-order valence-electron chi connectivity index (χ4n) is 2.26. The Morgan fingerprint density at radius 1 is 1.04 bits per heavy atom. The third kappa shape index (κ3) is 3.76. The molecule has 0 atom stereocenters. The average Bonchev–Trinajstić information content (AvgIpc) is 2.96. The number of rotatable bonds is 5. The molecule has 0 aliphatic heterocycles. The number of hydrogen-bond donors (Lipinski definition) is 0. The second kappa shape index (κ2) is 7.31. The molecule has 0 spiro atoms. The van der Waals surface area contributed by atoms with Crippen molar-refractivity contribution < 1.29 is 4.39 Å². The quantitative estimate of drug-likeness (QED) is 0.508. The molecule has 0 saturated carbocycles. The first-order valence-electron chi connectivity index (χ1n) is 7.26. The van der Waals surface area contributed by atoms with E-state index in [4.69, 9.17) is 0 Å². The molecule has 0 aliphatic carbocycles. The van der Waals surface area contributed by atoms with Crippen LogP contribution >= 0.6 is 23.5 Å². The zero-order chi connectivity index (χ0) is 17.1. The molecule has 0 radical (unpaired) electrons. The third-order valence-corrected chi connectivity index (χ3v) is 4.73. The van der Waals surface area contributed by atoms with Crippen LogP contribution in [-0.2, 0) is 5.75 Å². The summed E-state index contributed by atoms with van der Waals surface area (Å²) in [6.45, 7) is 3.90. The molecule has 3 rings (SSSR count). The minimum Gasteiger partial charge on any atom is -0.273 e. The fraction of sp³-hybridized carbons (Fsp3) is 0.250. The van der Waals surface area contributed by atoms with E-state index in [1.54, 1.807) is 12.1 Å². The highest BCUT2D eigenvalue weighted by atomic mass is 32.2. The molecule has 0 unspecified atom stereocenters. The smallest absolute Gasteiger partial charge is 0.195 e. The predicted octanol–water partition coefficient (Wildman–Crippen LogP) is 3.83. The van der Waals surface area contributed by atoms with E-state index >= 15 is 0 Å². The summed E-state index contributed by atoms with van der Waals surface area (Å²) in [5.41, 5.74) is 2.72. The van der Waals surface area contributed by atoms with Crippen molar-refractivity contribution in [3.8, 4) is 5.69 Å². The van der Waals surface area contributed by atoms with Crippen molar-refractivity contribution >= 4 is 23.5 Å². The Balaban J connectivity index is 1.88. The van der Waals surface area contributed by atoms with Gasteiger partial charge in [0, 0.05) is 17.1 Å². The number of aromatic nitrogens is 5. The van der Waals surface area contributed by atoms with E-state index in [0.29, 0.717) is 10.9 Å². The van der Waals surface area contributed by atoms with Gasteiger partial charge in [-0.3, -0.25) is 4.57 Å². The van der Waals surface area contributed by atoms with Crippen molar-refractivity contribution in [3.63, 3.8) is 0 Å². The molecular formula is C16H16FN5S2. The maximum atomic E-state index is 13.2. The van der Waals surface area contributed by atoms with Crippen LogP contribution in [0.15, 0.2) is 40.6 Å². The van der Waals surface area contributed by atoms with E-state index in [9.17, 15) is 4.39 Å². The first-order chi connectivity index (χ1) is 11.6. The summed E-state index contributed by atoms with van der Waals surface area (Å²) < 4.78 is 15.1. The van der Waals surface area contributed by atoms with Crippen molar-refractivity contribution in [1.82, 2.24) is 24.7 Å². The second-order valence-corrected chi connectivity index (χ2v) is 6.85. The van der Waals surface area contributed by atoms with Gasteiger partial charge >= 0.3 is 0 Å². The molecule has 24 heavy (non-hydrogen) atoms. The molecule has 124 valence electrons. The molecule has 5 nitrogen and oxygen atoms in total. The van der Waals surface area contributed by atoms with Gasteiger partial charge in [-0.2, -0.15) is 0 Å². The highest BCUT2D eigenvalue weighted by molar-refractivity contribution is 7.98. The molecule has 2 aromatic heterocycles. The van der Waals surface area contributed by atoms with Crippen LogP contribution in [0.3, 0.4) is 0 Å². The lowest BCUT2D eigenvalue weighted by atomic mass is 10.3. The standard InChI is InChI=1S/C16H16FN5S2/c1-10-8-11(2)19-15(18-10)24-9-14-20-21-16(23-3)22(14)13-6-4-12(17)5-7-13/h4-8H,9H2,1-3H3. The topological polar surface area (TPSA) is 56.5 Å². The van der Waals surface area contributed by atoms with Crippen LogP contribution in [0, 0.1) is 19.7 Å². The van der Waals surface area contributed by atoms with E-state index in [1.807, 2.05) is 30.7 Å². The highest BCUT2D eigenvalue weighted by Crippen LogP contribution is 2.25. The molecule has 0 saturated heterocycles. The van der Waals surface area contributed by atoms with E-state index in [1.165, 1.54) is 35.7 Å². The van der Waals surface area contributed by atoms with Gasteiger partial charge in [-0.05, 0) is 50.4 Å². The number of hydrogen-bond acceptors (Lipinski definition) is 6. The number of aryl methyl sites for hydroxylation is 2. The lowest BCUT2D eigenvalue weighted by molar-refractivity contribution is 0.627. The average molecular weight is 361 g/mol. The van der Waals surface area contributed by atoms with Crippen molar-refractivity contribution in [2.75, 3.05) is 6.26 Å². The first-order valence-corrected chi connectivity index (χ1v) is 9.47. The van der Waals surface area contributed by atoms with Gasteiger partial charge in [0.25, 0.3) is 0 Å². The molecule has 0 amide bonds. The zero-order valence-electron chi connectivity index (χ0n) is 13.5. The Kier molecular flexibility index (Phi) is 5.15. The Hall–Kier alpha value is -1.93. The summed E-state index contributed by atoms with van der Waals surface area (Å²) in [6.07, 6.45) is 1.94. The van der Waals surface area contributed by atoms with Gasteiger partial charge in [-0.1, -0.05) is 23.5 Å². The maximum Gasteiger partial charge on any atom is 0.195 e. The highest BCUT2D eigenvalue weighted by Gasteiger charge is 2.14. The summed E-state index contributed by atoms with van der Waals surface area (Å²) in [7, 11) is 0. The summed E-state index contributed by atoms with van der Waals surface area (Å²) in [5.74, 6) is 1.09. The van der Waals surface area contributed by atoms with E-state index < -0.39 is 0 Å². The van der Waals surface area contributed by atoms with Gasteiger partial charge in [-0.25, -0.2) is 14.4 Å². The van der Waals surface area contributed by atoms with Crippen LogP contribution in [0.25, 0.3) is 5.69 Å². The van der Waals surface area contributed by atoms with Gasteiger partial charge in [0.2, 0.25) is 0 Å². The Labute approximate surface area is 148 Å². The van der Waals surface area contributed by atoms with Crippen LogP contribution < -0.4 is 0 Å². The van der Waals surface area contributed by atoms with Crippen molar-refractivity contribution in [2.45, 2.75) is 29.9 Å². The fourth-order valence-corrected chi connectivity index (χ4v) is 3.64. The van der Waals surface area contributed by atoms with Gasteiger partial charge in [0.15, 0.2) is 10.3 Å². The lowest BCUT2D eigenvalue weighted by Gasteiger charge is -2.09. The van der Waals surface area contributed by atoms with E-state index in [2.05, 4.69) is 20.2 Å². The van der Waals surface area contributed by atoms with Gasteiger partial charge in [0.05, 0.1) is 5.75 Å². The van der Waals surface area contributed by atoms with Gasteiger partial charge < -0.3 is 0 Å². The number of nitrogens with zero attached hydrogens (tertiary/aromatic N) is 5. The van der Waals surface area contributed by atoms with Crippen molar-refractivity contribution in [3.05, 3.63) is 53.4 Å². The number of halogens is 1. The molecule has 8 heteroatoms. The molecular weight excluding hydrogens is 345 g/mol. The normalized spacial score (nSPS) is 11.0. The van der Waals surface area contributed by atoms with Gasteiger partial charge in [0.1, 0.15) is 11.6 Å². The van der Waals surface area contributed by atoms with Crippen LogP contribution in [0.2, 0.25) is 0 Å². The summed E-state index contributed by atoms with van der Waals surface area (Å²) >= 11 is 3.01. The molecule has 0 aliphatic rings. The van der Waals surface area contributed by atoms with Crippen molar-refractivity contribution in [1.29, 1.82) is 0 Å². The second-order valence-electron chi connectivity index (χ2n) is 5.14. The predicted molar refractivity (Wildman–Crippen MR) is 94.2 cm³/mol. The largest absolute Gasteiger partial charge is 0.273 e. The molecule has 1 aromatic carbocycles. The van der Waals surface area contributed by atoms with E-state index in [-0.39, 0.29) is 5.82 Å². The summed E-state index contributed by atoms with van der Waals surface area (Å²) in [5, 5.41) is 9.95. The zero-order valence-corrected chi connectivity index (χ0v) is 15.2. The van der Waals surface area contributed by atoms with Crippen LogP contribution in [0.1, 0.15) is 17.2 Å². The Morgan fingerprint density at radius 3 is 2.33 bits per heavy atom. The minimum atomic E-state index is -0.267. The number of thioether (sulfide) groups is 2. The maximum absolute atomic E-state index is 13.2. The Bertz CT molecular complexity index is 828. The molecule has 2 heterocycles. The van der Waals surface area contributed by atoms with Gasteiger partial charge in [-0.15, -0.1) is 10.2 Å². The monoisotopic (exact) mass is 361 g/mol.